The second-order valence-electron chi connectivity index (χ2n) is 12.8. The fraction of sp³-hybridized carbons (Fsp3) is 0.419. The lowest BCUT2D eigenvalue weighted by molar-refractivity contribution is 0.0525. The van der Waals surface area contributed by atoms with Crippen molar-refractivity contribution >= 4 is 34.6 Å². The lowest BCUT2D eigenvalue weighted by atomic mass is 9.71. The molecule has 1 heterocycles. The van der Waals surface area contributed by atoms with E-state index in [0.717, 1.165) is 89.2 Å². The van der Waals surface area contributed by atoms with Crippen molar-refractivity contribution in [2.75, 3.05) is 55.7 Å². The molecular weight excluding hydrogens is 652 g/mol. The minimum atomic E-state index is -0.865. The summed E-state index contributed by atoms with van der Waals surface area (Å²) in [7, 11) is 0. The van der Waals surface area contributed by atoms with Gasteiger partial charge in [0.25, 0.3) is 0 Å². The van der Waals surface area contributed by atoms with Crippen molar-refractivity contribution in [1.29, 1.82) is 0 Å². The zero-order chi connectivity index (χ0) is 38.0. The molecule has 0 saturated heterocycles. The first-order chi connectivity index (χ1) is 25.1. The van der Waals surface area contributed by atoms with Gasteiger partial charge >= 0.3 is 11.9 Å². The number of allylic oxidation sites excluding steroid dienone is 2. The fourth-order valence-corrected chi connectivity index (χ4v) is 7.27. The van der Waals surface area contributed by atoms with Crippen LogP contribution in [0.4, 0.5) is 11.4 Å². The third-order valence-corrected chi connectivity index (χ3v) is 9.91. The number of carboxylic acid groups (broad SMARTS) is 1. The minimum absolute atomic E-state index is 0.314. The van der Waals surface area contributed by atoms with Crippen LogP contribution < -0.4 is 19.9 Å². The van der Waals surface area contributed by atoms with E-state index in [2.05, 4.69) is 55.8 Å². The van der Waals surface area contributed by atoms with Crippen LogP contribution in [-0.2, 0) is 11.2 Å². The van der Waals surface area contributed by atoms with E-state index < -0.39 is 11.5 Å². The molecule has 9 heteroatoms. The summed E-state index contributed by atoms with van der Waals surface area (Å²) in [6.07, 6.45) is 0.709. The second-order valence-corrected chi connectivity index (χ2v) is 12.8. The number of hydrogen-bond donors (Lipinski definition) is 2. The first-order valence-corrected chi connectivity index (χ1v) is 18.7. The number of carboxylic acids is 1. The number of nitrogens with zero attached hydrogens (tertiary/aromatic N) is 3. The summed E-state index contributed by atoms with van der Waals surface area (Å²) in [5, 5.41) is 13.1. The van der Waals surface area contributed by atoms with Crippen LogP contribution in [0.2, 0.25) is 0 Å². The highest BCUT2D eigenvalue weighted by Gasteiger charge is 2.44. The van der Waals surface area contributed by atoms with E-state index in [9.17, 15) is 14.7 Å². The van der Waals surface area contributed by atoms with Gasteiger partial charge in [-0.15, -0.1) is 0 Å². The molecule has 0 bridgehead atoms. The predicted octanol–water partition coefficient (Wildman–Crippen LogP) is 8.45. The van der Waals surface area contributed by atoms with E-state index in [-0.39, 0.29) is 5.97 Å². The molecule has 0 radical (unpaired) electrons. The molecule has 0 fully saturated rings. The van der Waals surface area contributed by atoms with Crippen molar-refractivity contribution in [3.63, 3.8) is 0 Å². The lowest BCUT2D eigenvalue weighted by Crippen LogP contribution is -2.54. The summed E-state index contributed by atoms with van der Waals surface area (Å²) in [6.45, 7) is 23.6. The first kappa shape index (κ1) is 39.9. The Bertz CT molecular complexity index is 1840. The zero-order valence-corrected chi connectivity index (χ0v) is 32.4. The number of benzene rings is 3. The number of aliphatic imine (C=N–C) groups is 1. The average molecular weight is 709 g/mol. The molecule has 0 spiro atoms. The molecule has 52 heavy (non-hydrogen) atoms. The van der Waals surface area contributed by atoms with Crippen LogP contribution >= 0.6 is 0 Å². The van der Waals surface area contributed by atoms with Crippen LogP contribution in [0.1, 0.15) is 94.2 Å². The molecule has 3 aromatic carbocycles. The summed E-state index contributed by atoms with van der Waals surface area (Å²) in [5.41, 5.74) is 8.36. The van der Waals surface area contributed by atoms with Gasteiger partial charge in [-0.3, -0.25) is 4.99 Å². The number of nitrogens with one attached hydrogen (secondary N) is 1. The number of rotatable bonds is 13. The number of carbonyl (C=O) groups is 2. The quantitative estimate of drug-likeness (QED) is 0.171. The van der Waals surface area contributed by atoms with E-state index in [1.807, 2.05) is 82.3 Å². The lowest BCUT2D eigenvalue weighted by Gasteiger charge is -2.42. The molecule has 3 aromatic rings. The summed E-state index contributed by atoms with van der Waals surface area (Å²) >= 11 is 0. The number of ether oxygens (including phenoxy) is 2. The Balaban J connectivity index is 0.000000272. The molecule has 2 N–H and O–H groups in total. The summed E-state index contributed by atoms with van der Waals surface area (Å²) in [6, 6.07) is 21.3. The van der Waals surface area contributed by atoms with Gasteiger partial charge in [0.15, 0.2) is 5.76 Å². The van der Waals surface area contributed by atoms with Crippen molar-refractivity contribution < 1.29 is 24.2 Å². The number of esters is 1. The number of hydrogen-bond acceptors (Lipinski definition) is 8. The van der Waals surface area contributed by atoms with Crippen LogP contribution in [-0.4, -0.2) is 74.2 Å². The van der Waals surface area contributed by atoms with E-state index >= 15 is 0 Å². The van der Waals surface area contributed by atoms with Crippen molar-refractivity contribution in [2.45, 2.75) is 74.3 Å². The van der Waals surface area contributed by atoms with Gasteiger partial charge in [-0.2, -0.15) is 0 Å². The van der Waals surface area contributed by atoms with Crippen LogP contribution in [0.5, 0.6) is 5.75 Å². The number of para-hydroxylation sites is 2. The maximum Gasteiger partial charge on any atom is 0.338 e. The standard InChI is InChI=1S/C28H32N2O3.C15H24N2O2/c1-6-29-26-25-22(17-19-13-9-12-16-23(19)33-25)24(18(4)28(26,5)30-7-2)20-14-10-11-15-21(20)27(31)32-8-3;1-5-16(6-2)13-11-9-10-12(15(18)19)14(13)17(7-3)8-4/h9-16,30H,6-8,17H2,1-5H3;9-11H,5-8H2,1-4H3,(H,18,19). The molecular formula is C43H56N4O5. The Labute approximate surface area is 310 Å². The molecule has 0 amide bonds. The maximum absolute atomic E-state index is 12.9. The normalized spacial score (nSPS) is 17.1. The Kier molecular flexibility index (Phi) is 13.8. The highest BCUT2D eigenvalue weighted by Crippen LogP contribution is 2.46. The van der Waals surface area contributed by atoms with Crippen molar-refractivity contribution in [2.24, 2.45) is 4.99 Å². The summed E-state index contributed by atoms with van der Waals surface area (Å²) in [5.74, 6) is 0.469. The number of carbonyl (C=O) groups excluding carboxylic acids is 1. The molecule has 9 nitrogen and oxygen atoms in total. The van der Waals surface area contributed by atoms with Gasteiger partial charge in [-0.25, -0.2) is 9.59 Å². The van der Waals surface area contributed by atoms with Crippen molar-refractivity contribution in [3.8, 4) is 5.75 Å². The van der Waals surface area contributed by atoms with Gasteiger partial charge in [0.05, 0.1) is 34.6 Å². The first-order valence-electron chi connectivity index (χ1n) is 18.7. The highest BCUT2D eigenvalue weighted by molar-refractivity contribution is 6.16. The predicted molar refractivity (Wildman–Crippen MR) is 213 cm³/mol. The molecule has 5 rings (SSSR count). The summed E-state index contributed by atoms with van der Waals surface area (Å²) in [4.78, 5) is 33.6. The number of anilines is 2. The zero-order valence-electron chi connectivity index (χ0n) is 32.4. The third kappa shape index (κ3) is 7.94. The molecule has 1 aliphatic heterocycles. The Hall–Kier alpha value is -4.89. The molecule has 0 aromatic heterocycles. The largest absolute Gasteiger partial charge is 0.478 e. The monoisotopic (exact) mass is 708 g/mol. The molecule has 1 atom stereocenters. The van der Waals surface area contributed by atoms with E-state index in [1.165, 1.54) is 0 Å². The number of likely N-dealkylation sites (N-methyl/N-ethyl adjacent to an activating group) is 1. The molecule has 1 unspecified atom stereocenters. The Morgan fingerprint density at radius 2 is 1.50 bits per heavy atom. The Morgan fingerprint density at radius 3 is 2.12 bits per heavy atom. The van der Waals surface area contributed by atoms with Crippen LogP contribution in [0.3, 0.4) is 0 Å². The van der Waals surface area contributed by atoms with E-state index in [0.29, 0.717) is 30.7 Å². The molecule has 1 aliphatic carbocycles. The average Bonchev–Trinajstić information content (AvgIpc) is 3.15. The smallest absolute Gasteiger partial charge is 0.338 e. The van der Waals surface area contributed by atoms with Crippen LogP contribution in [0, 0.1) is 0 Å². The van der Waals surface area contributed by atoms with Gasteiger partial charge in [0.1, 0.15) is 11.5 Å². The number of fused-ring (bicyclic) bond motifs is 1. The third-order valence-electron chi connectivity index (χ3n) is 9.91. The van der Waals surface area contributed by atoms with Crippen molar-refractivity contribution in [1.82, 2.24) is 5.32 Å². The summed E-state index contributed by atoms with van der Waals surface area (Å²) < 4.78 is 11.9. The molecule has 2 aliphatic rings. The van der Waals surface area contributed by atoms with Crippen LogP contribution in [0.25, 0.3) is 5.57 Å². The fourth-order valence-electron chi connectivity index (χ4n) is 7.27. The van der Waals surface area contributed by atoms with E-state index in [1.54, 1.807) is 6.07 Å². The Morgan fingerprint density at radius 1 is 0.865 bits per heavy atom. The van der Waals surface area contributed by atoms with Crippen molar-refractivity contribution in [3.05, 3.63) is 106 Å². The SMILES string of the molecule is CCN(CC)c1cccc(C(=O)O)c1N(CC)CC.CCN=C1C2=C(Cc3ccccc3O2)C(c2ccccc2C(=O)OCC)=C(C)C1(C)NCC. The topological polar surface area (TPSA) is 104 Å². The van der Waals surface area contributed by atoms with Gasteiger partial charge < -0.3 is 29.7 Å². The minimum Gasteiger partial charge on any atom is -0.478 e. The van der Waals surface area contributed by atoms with E-state index in [4.69, 9.17) is 14.5 Å². The van der Waals surface area contributed by atoms with Gasteiger partial charge in [-0.05, 0) is 108 Å². The second kappa shape index (κ2) is 18.0. The van der Waals surface area contributed by atoms with Gasteiger partial charge in [0.2, 0.25) is 0 Å². The number of aromatic carboxylic acids is 1. The molecule has 278 valence electrons. The molecule has 0 saturated carbocycles. The van der Waals surface area contributed by atoms with Gasteiger partial charge in [0, 0.05) is 44.7 Å². The van der Waals surface area contributed by atoms with Crippen LogP contribution in [0.15, 0.2) is 88.6 Å². The maximum atomic E-state index is 12.9. The van der Waals surface area contributed by atoms with Gasteiger partial charge in [-0.1, -0.05) is 49.4 Å². The highest BCUT2D eigenvalue weighted by atomic mass is 16.5.